The molecule has 6 heteroatoms. The smallest absolute Gasteiger partial charge is 0.239 e. The van der Waals surface area contributed by atoms with E-state index >= 15 is 0 Å². The molecule has 2 amide bonds. The maximum atomic E-state index is 12.5. The molecule has 0 aromatic heterocycles. The minimum absolute atomic E-state index is 0.140. The van der Waals surface area contributed by atoms with Crippen LogP contribution >= 0.6 is 0 Å². The summed E-state index contributed by atoms with van der Waals surface area (Å²) in [7, 11) is 1.64. The highest BCUT2D eigenvalue weighted by molar-refractivity contribution is 5.85. The first-order valence-corrected chi connectivity index (χ1v) is 7.94. The molecule has 0 saturated carbocycles. The Hall–Kier alpha value is -1.40. The molecular weight excluding hydrogens is 292 g/mol. The van der Waals surface area contributed by atoms with Crippen LogP contribution in [0.15, 0.2) is 11.6 Å². The average Bonchev–Trinajstić information content (AvgIpc) is 2.33. The fraction of sp³-hybridized carbons (Fsp3) is 0.765. The van der Waals surface area contributed by atoms with Crippen LogP contribution in [0.3, 0.4) is 0 Å². The molecule has 23 heavy (non-hydrogen) atoms. The first-order chi connectivity index (χ1) is 10.2. The van der Waals surface area contributed by atoms with E-state index in [0.29, 0.717) is 6.42 Å². The molecule has 0 atom stereocenters. The fourth-order valence-corrected chi connectivity index (χ4v) is 2.69. The van der Waals surface area contributed by atoms with Crippen LogP contribution in [-0.4, -0.2) is 24.4 Å². The van der Waals surface area contributed by atoms with Crippen molar-refractivity contribution in [2.24, 2.45) is 10.8 Å². The highest BCUT2D eigenvalue weighted by Crippen LogP contribution is 2.34. The van der Waals surface area contributed by atoms with Crippen molar-refractivity contribution in [3.63, 3.8) is 0 Å². The van der Waals surface area contributed by atoms with Crippen LogP contribution < -0.4 is 21.7 Å². The van der Waals surface area contributed by atoms with Crippen molar-refractivity contribution >= 4 is 11.8 Å². The Morgan fingerprint density at radius 3 is 1.70 bits per heavy atom. The van der Waals surface area contributed by atoms with Crippen LogP contribution in [0.25, 0.3) is 0 Å². The van der Waals surface area contributed by atoms with Gasteiger partial charge in [-0.15, -0.1) is 0 Å². The molecule has 0 radical (unpaired) electrons. The highest BCUT2D eigenvalue weighted by atomic mass is 16.2. The van der Waals surface area contributed by atoms with Crippen molar-refractivity contribution in [1.82, 2.24) is 21.7 Å². The van der Waals surface area contributed by atoms with E-state index < -0.39 is 10.8 Å². The summed E-state index contributed by atoms with van der Waals surface area (Å²) in [5.74, 6) is -0.281. The molecule has 0 aliphatic heterocycles. The van der Waals surface area contributed by atoms with E-state index in [1.807, 2.05) is 61.5 Å². The lowest BCUT2D eigenvalue weighted by atomic mass is 9.74. The van der Waals surface area contributed by atoms with Gasteiger partial charge in [-0.3, -0.25) is 20.4 Å². The van der Waals surface area contributed by atoms with Gasteiger partial charge < -0.3 is 0 Å². The molecule has 0 heterocycles. The molecule has 0 aromatic rings. The fourth-order valence-electron chi connectivity index (χ4n) is 2.69. The van der Waals surface area contributed by atoms with Gasteiger partial charge in [0.1, 0.15) is 0 Å². The number of hydrazine groups is 2. The molecule has 4 N–H and O–H groups in total. The zero-order valence-electron chi connectivity index (χ0n) is 16.1. The van der Waals surface area contributed by atoms with Gasteiger partial charge in [-0.25, -0.2) is 10.9 Å². The first-order valence-electron chi connectivity index (χ1n) is 7.94. The molecule has 0 bridgehead atoms. The van der Waals surface area contributed by atoms with Gasteiger partial charge in [0, 0.05) is 23.4 Å². The van der Waals surface area contributed by atoms with Gasteiger partial charge >= 0.3 is 0 Å². The maximum Gasteiger partial charge on any atom is 0.239 e. The third kappa shape index (κ3) is 7.61. The summed E-state index contributed by atoms with van der Waals surface area (Å²) in [6, 6.07) is 0. The van der Waals surface area contributed by atoms with Crippen LogP contribution in [0.1, 0.15) is 61.8 Å². The summed E-state index contributed by atoms with van der Waals surface area (Å²) < 4.78 is 0. The number of carbonyl (C=O) groups is 2. The van der Waals surface area contributed by atoms with E-state index in [4.69, 9.17) is 0 Å². The van der Waals surface area contributed by atoms with Crippen LogP contribution in [0.4, 0.5) is 0 Å². The summed E-state index contributed by atoms with van der Waals surface area (Å²) >= 11 is 0. The van der Waals surface area contributed by atoms with Crippen molar-refractivity contribution in [3.05, 3.63) is 11.6 Å². The Bertz CT molecular complexity index is 461. The minimum Gasteiger partial charge on any atom is -0.291 e. The molecular formula is C17H34N4O2. The lowest BCUT2D eigenvalue weighted by Gasteiger charge is -2.34. The van der Waals surface area contributed by atoms with Gasteiger partial charge in [0.05, 0.1) is 0 Å². The highest BCUT2D eigenvalue weighted by Gasteiger charge is 2.39. The topological polar surface area (TPSA) is 82.3 Å². The number of rotatable bonds is 8. The van der Waals surface area contributed by atoms with Gasteiger partial charge in [0.2, 0.25) is 11.8 Å². The van der Waals surface area contributed by atoms with Crippen molar-refractivity contribution in [3.8, 4) is 0 Å². The maximum absolute atomic E-state index is 12.5. The van der Waals surface area contributed by atoms with Crippen molar-refractivity contribution < 1.29 is 9.59 Å². The largest absolute Gasteiger partial charge is 0.291 e. The number of hydrogen-bond acceptors (Lipinski definition) is 4. The zero-order chi connectivity index (χ0) is 18.5. The average molecular weight is 326 g/mol. The summed E-state index contributed by atoms with van der Waals surface area (Å²) in [6.45, 7) is 15.3. The summed E-state index contributed by atoms with van der Waals surface area (Å²) in [5, 5.41) is 0. The third-order valence-corrected chi connectivity index (χ3v) is 3.50. The quantitative estimate of drug-likeness (QED) is 0.406. The predicted octanol–water partition coefficient (Wildman–Crippen LogP) is 2.05. The molecule has 0 aliphatic rings. The van der Waals surface area contributed by atoms with E-state index in [1.165, 1.54) is 5.57 Å². The lowest BCUT2D eigenvalue weighted by molar-refractivity contribution is -0.137. The Kier molecular flexibility index (Phi) is 7.44. The molecule has 0 saturated heterocycles. The standard InChI is InChI=1S/C17H34N4O2/c1-12(2)10-17(7,8)21-20-14(23)16(5,6)11-15(3,4)13(22)19-18-9/h10,18,21H,11H2,1-9H3,(H,19,22)(H,20,23). The van der Waals surface area contributed by atoms with E-state index in [-0.39, 0.29) is 17.4 Å². The van der Waals surface area contributed by atoms with Crippen LogP contribution in [0.2, 0.25) is 0 Å². The second kappa shape index (κ2) is 7.93. The van der Waals surface area contributed by atoms with E-state index in [0.717, 1.165) is 0 Å². The van der Waals surface area contributed by atoms with Crippen molar-refractivity contribution in [2.45, 2.75) is 67.3 Å². The van der Waals surface area contributed by atoms with Crippen molar-refractivity contribution in [1.29, 1.82) is 0 Å². The molecule has 0 unspecified atom stereocenters. The monoisotopic (exact) mass is 326 g/mol. The van der Waals surface area contributed by atoms with Crippen LogP contribution in [0, 0.1) is 10.8 Å². The summed E-state index contributed by atoms with van der Waals surface area (Å²) in [5.41, 5.74) is 10.5. The van der Waals surface area contributed by atoms with Crippen LogP contribution in [-0.2, 0) is 9.59 Å². The number of nitrogens with one attached hydrogen (secondary N) is 4. The lowest BCUT2D eigenvalue weighted by Crippen LogP contribution is -2.54. The van der Waals surface area contributed by atoms with Gasteiger partial charge in [0.25, 0.3) is 0 Å². The number of amides is 2. The van der Waals surface area contributed by atoms with E-state index in [1.54, 1.807) is 7.05 Å². The van der Waals surface area contributed by atoms with Gasteiger partial charge in [-0.1, -0.05) is 39.3 Å². The molecule has 0 fully saturated rings. The second-order valence-electron chi connectivity index (χ2n) is 8.17. The normalized spacial score (nSPS) is 12.6. The molecule has 0 aromatic carbocycles. The molecule has 6 nitrogen and oxygen atoms in total. The summed E-state index contributed by atoms with van der Waals surface area (Å²) in [4.78, 5) is 24.6. The number of hydrogen-bond donors (Lipinski definition) is 4. The Morgan fingerprint density at radius 2 is 1.30 bits per heavy atom. The van der Waals surface area contributed by atoms with Crippen LogP contribution in [0.5, 0.6) is 0 Å². The molecule has 134 valence electrons. The second-order valence-corrected chi connectivity index (χ2v) is 8.17. The van der Waals surface area contributed by atoms with Crippen molar-refractivity contribution in [2.75, 3.05) is 7.05 Å². The Balaban J connectivity index is 4.85. The molecule has 0 aliphatic carbocycles. The van der Waals surface area contributed by atoms with Gasteiger partial charge in [-0.05, 0) is 34.1 Å². The first kappa shape index (κ1) is 21.6. The molecule has 0 rings (SSSR count). The zero-order valence-corrected chi connectivity index (χ0v) is 16.1. The minimum atomic E-state index is -0.692. The Labute approximate surface area is 140 Å². The SMILES string of the molecule is CNNC(=O)C(C)(C)CC(C)(C)C(=O)NNC(C)(C)C=C(C)C. The van der Waals surface area contributed by atoms with Gasteiger partial charge in [-0.2, -0.15) is 0 Å². The Morgan fingerprint density at radius 1 is 0.870 bits per heavy atom. The predicted molar refractivity (Wildman–Crippen MR) is 94.2 cm³/mol. The number of allylic oxidation sites excluding steroid dienone is 1. The summed E-state index contributed by atoms with van der Waals surface area (Å²) in [6.07, 6.45) is 2.47. The van der Waals surface area contributed by atoms with E-state index in [9.17, 15) is 9.59 Å². The third-order valence-electron chi connectivity index (χ3n) is 3.50. The number of carbonyl (C=O) groups excluding carboxylic acids is 2. The molecule has 0 spiro atoms. The van der Waals surface area contributed by atoms with E-state index in [2.05, 4.69) is 21.7 Å². The van der Waals surface area contributed by atoms with Gasteiger partial charge in [0.15, 0.2) is 0 Å².